The van der Waals surface area contributed by atoms with E-state index in [1.807, 2.05) is 24.3 Å². The van der Waals surface area contributed by atoms with Gasteiger partial charge in [-0.1, -0.05) is 28.1 Å². The second kappa shape index (κ2) is 6.02. The summed E-state index contributed by atoms with van der Waals surface area (Å²) in [7, 11) is 1.38. The normalized spacial score (nSPS) is 10.1. The summed E-state index contributed by atoms with van der Waals surface area (Å²) in [6.45, 7) is 0. The highest BCUT2D eigenvalue weighted by atomic mass is 79.9. The number of nitrogens with one attached hydrogen (secondary N) is 2. The Morgan fingerprint density at radius 1 is 1.25 bits per heavy atom. The lowest BCUT2D eigenvalue weighted by atomic mass is 10.2. The first-order chi connectivity index (χ1) is 7.63. The Bertz CT molecular complexity index is 415. The molecular weight excluding hydrogens is 274 g/mol. The lowest BCUT2D eigenvalue weighted by Gasteiger charge is -1.97. The summed E-state index contributed by atoms with van der Waals surface area (Å²) < 4.78 is 0.957. The zero-order valence-corrected chi connectivity index (χ0v) is 10.1. The summed E-state index contributed by atoms with van der Waals surface area (Å²) >= 11 is 3.30. The number of benzene rings is 1. The predicted octanol–water partition coefficient (Wildman–Crippen LogP) is 0.645. The third-order valence-corrected chi connectivity index (χ3v) is 2.21. The van der Waals surface area contributed by atoms with Crippen molar-refractivity contribution in [3.63, 3.8) is 0 Å². The molecule has 0 spiro atoms. The number of hydrogen-bond donors (Lipinski definition) is 2. The standard InChI is InChI=1S/C10H10BrN3O2/c1-12-9(15)10(16)14-13-6-7-2-4-8(11)5-3-7/h2-6H,1H3,(H,12,15)(H,14,16)/b13-6+. The maximum atomic E-state index is 11.0. The third-order valence-electron chi connectivity index (χ3n) is 1.68. The molecule has 0 unspecified atom stereocenters. The summed E-state index contributed by atoms with van der Waals surface area (Å²) in [4.78, 5) is 21.8. The van der Waals surface area contributed by atoms with E-state index in [1.165, 1.54) is 13.3 Å². The molecule has 0 saturated heterocycles. The van der Waals surface area contributed by atoms with Crippen LogP contribution in [-0.4, -0.2) is 25.1 Å². The molecule has 2 N–H and O–H groups in total. The van der Waals surface area contributed by atoms with Crippen LogP contribution in [0.1, 0.15) is 5.56 Å². The molecule has 0 bridgehead atoms. The van der Waals surface area contributed by atoms with Gasteiger partial charge in [0.15, 0.2) is 0 Å². The topological polar surface area (TPSA) is 70.6 Å². The predicted molar refractivity (Wildman–Crippen MR) is 63.9 cm³/mol. The van der Waals surface area contributed by atoms with Crippen LogP contribution in [0.4, 0.5) is 0 Å². The van der Waals surface area contributed by atoms with E-state index >= 15 is 0 Å². The highest BCUT2D eigenvalue weighted by Crippen LogP contribution is 2.08. The molecule has 5 nitrogen and oxygen atoms in total. The second-order valence-corrected chi connectivity index (χ2v) is 3.75. The fraction of sp³-hybridized carbons (Fsp3) is 0.100. The SMILES string of the molecule is CNC(=O)C(=O)N/N=C/c1ccc(Br)cc1. The van der Waals surface area contributed by atoms with Gasteiger partial charge in [0.25, 0.3) is 0 Å². The number of rotatable bonds is 2. The van der Waals surface area contributed by atoms with Crippen LogP contribution < -0.4 is 10.7 Å². The van der Waals surface area contributed by atoms with Crippen molar-refractivity contribution in [2.24, 2.45) is 5.10 Å². The summed E-state index contributed by atoms with van der Waals surface area (Å²) in [6.07, 6.45) is 1.45. The van der Waals surface area contributed by atoms with E-state index in [0.29, 0.717) is 0 Å². The maximum Gasteiger partial charge on any atom is 0.329 e. The Balaban J connectivity index is 2.52. The first kappa shape index (κ1) is 12.4. The molecule has 0 aliphatic rings. The summed E-state index contributed by atoms with van der Waals surface area (Å²) in [5.41, 5.74) is 2.92. The van der Waals surface area contributed by atoms with Crippen molar-refractivity contribution in [1.82, 2.24) is 10.7 Å². The summed E-state index contributed by atoms with van der Waals surface area (Å²) in [5.74, 6) is -1.52. The quantitative estimate of drug-likeness (QED) is 0.475. The molecule has 1 rings (SSSR count). The zero-order valence-electron chi connectivity index (χ0n) is 8.53. The Morgan fingerprint density at radius 3 is 2.44 bits per heavy atom. The molecule has 0 saturated carbocycles. The molecule has 0 fully saturated rings. The first-order valence-corrected chi connectivity index (χ1v) is 5.23. The van der Waals surface area contributed by atoms with Crippen LogP contribution in [0.5, 0.6) is 0 Å². The number of amides is 2. The van der Waals surface area contributed by atoms with Gasteiger partial charge < -0.3 is 5.32 Å². The number of halogens is 1. The molecule has 2 amide bonds. The minimum atomic E-state index is -0.795. The molecule has 84 valence electrons. The molecule has 1 aromatic rings. The van der Waals surface area contributed by atoms with Crippen molar-refractivity contribution in [3.8, 4) is 0 Å². The zero-order chi connectivity index (χ0) is 12.0. The van der Waals surface area contributed by atoms with E-state index in [-0.39, 0.29) is 0 Å². The number of nitrogens with zero attached hydrogens (tertiary/aromatic N) is 1. The Morgan fingerprint density at radius 2 is 1.88 bits per heavy atom. The fourth-order valence-electron chi connectivity index (χ4n) is 0.879. The number of hydrogen-bond acceptors (Lipinski definition) is 3. The highest BCUT2D eigenvalue weighted by molar-refractivity contribution is 9.10. The van der Waals surface area contributed by atoms with Gasteiger partial charge >= 0.3 is 11.8 Å². The molecule has 0 radical (unpaired) electrons. The Labute approximate surface area is 101 Å². The van der Waals surface area contributed by atoms with Crippen molar-refractivity contribution < 1.29 is 9.59 Å². The first-order valence-electron chi connectivity index (χ1n) is 4.44. The Hall–Kier alpha value is -1.69. The summed E-state index contributed by atoms with van der Waals surface area (Å²) in [6, 6.07) is 7.34. The van der Waals surface area contributed by atoms with Gasteiger partial charge in [0.05, 0.1) is 6.21 Å². The van der Waals surface area contributed by atoms with Crippen molar-refractivity contribution in [2.45, 2.75) is 0 Å². The number of carbonyl (C=O) groups is 2. The van der Waals surface area contributed by atoms with Crippen molar-refractivity contribution in [3.05, 3.63) is 34.3 Å². The highest BCUT2D eigenvalue weighted by Gasteiger charge is 2.08. The van der Waals surface area contributed by atoms with Crippen LogP contribution in [0, 0.1) is 0 Å². The molecule has 0 aliphatic carbocycles. The van der Waals surface area contributed by atoms with Gasteiger partial charge in [-0.2, -0.15) is 5.10 Å². The molecule has 1 aromatic carbocycles. The van der Waals surface area contributed by atoms with Crippen molar-refractivity contribution in [1.29, 1.82) is 0 Å². The van der Waals surface area contributed by atoms with Gasteiger partial charge in [-0.3, -0.25) is 9.59 Å². The fourth-order valence-corrected chi connectivity index (χ4v) is 1.14. The number of likely N-dealkylation sites (N-methyl/N-ethyl adjacent to an activating group) is 1. The van der Waals surface area contributed by atoms with Gasteiger partial charge in [0.1, 0.15) is 0 Å². The molecule has 0 aromatic heterocycles. The minimum Gasteiger partial charge on any atom is -0.351 e. The second-order valence-electron chi connectivity index (χ2n) is 2.83. The van der Waals surface area contributed by atoms with Crippen LogP contribution in [0.2, 0.25) is 0 Å². The number of carbonyl (C=O) groups excluding carboxylic acids is 2. The molecular formula is C10H10BrN3O2. The van der Waals surface area contributed by atoms with Gasteiger partial charge in [0.2, 0.25) is 0 Å². The molecule has 6 heteroatoms. The summed E-state index contributed by atoms with van der Waals surface area (Å²) in [5, 5.41) is 5.83. The van der Waals surface area contributed by atoms with Gasteiger partial charge in [-0.05, 0) is 17.7 Å². The molecule has 0 heterocycles. The van der Waals surface area contributed by atoms with Crippen LogP contribution in [-0.2, 0) is 9.59 Å². The van der Waals surface area contributed by atoms with Crippen LogP contribution in [0.3, 0.4) is 0 Å². The van der Waals surface area contributed by atoms with Crippen LogP contribution in [0.15, 0.2) is 33.8 Å². The minimum absolute atomic E-state index is 0.729. The van der Waals surface area contributed by atoms with E-state index in [2.05, 4.69) is 31.8 Å². The van der Waals surface area contributed by atoms with Gasteiger partial charge in [0, 0.05) is 11.5 Å². The maximum absolute atomic E-state index is 11.0. The third kappa shape index (κ3) is 3.82. The van der Waals surface area contributed by atoms with Gasteiger partial charge in [-0.25, -0.2) is 5.43 Å². The Kier molecular flexibility index (Phi) is 4.65. The lowest BCUT2D eigenvalue weighted by Crippen LogP contribution is -2.35. The van der Waals surface area contributed by atoms with Crippen LogP contribution >= 0.6 is 15.9 Å². The largest absolute Gasteiger partial charge is 0.351 e. The molecule has 0 atom stereocenters. The number of hydrazone groups is 1. The van der Waals surface area contributed by atoms with Crippen molar-refractivity contribution in [2.75, 3.05) is 7.05 Å². The monoisotopic (exact) mass is 283 g/mol. The van der Waals surface area contributed by atoms with Crippen molar-refractivity contribution >= 4 is 34.0 Å². The molecule has 0 aliphatic heterocycles. The smallest absolute Gasteiger partial charge is 0.329 e. The van der Waals surface area contributed by atoms with E-state index < -0.39 is 11.8 Å². The van der Waals surface area contributed by atoms with E-state index in [1.54, 1.807) is 0 Å². The average molecular weight is 284 g/mol. The van der Waals surface area contributed by atoms with E-state index in [4.69, 9.17) is 0 Å². The van der Waals surface area contributed by atoms with E-state index in [9.17, 15) is 9.59 Å². The lowest BCUT2D eigenvalue weighted by molar-refractivity contribution is -0.138. The molecule has 16 heavy (non-hydrogen) atoms. The van der Waals surface area contributed by atoms with Gasteiger partial charge in [-0.15, -0.1) is 0 Å². The van der Waals surface area contributed by atoms with E-state index in [0.717, 1.165) is 10.0 Å². The van der Waals surface area contributed by atoms with Crippen LogP contribution in [0.25, 0.3) is 0 Å². The average Bonchev–Trinajstić information content (AvgIpc) is 2.30.